The van der Waals surface area contributed by atoms with Crippen LogP contribution in [0, 0.1) is 11.3 Å². The summed E-state index contributed by atoms with van der Waals surface area (Å²) in [5.41, 5.74) is 1.92. The number of aromatic nitrogens is 2. The fourth-order valence-corrected chi connectivity index (χ4v) is 6.54. The Labute approximate surface area is 212 Å². The highest BCUT2D eigenvalue weighted by molar-refractivity contribution is 7.99. The lowest BCUT2D eigenvalue weighted by molar-refractivity contribution is -0.704. The Bertz CT molecular complexity index is 1270. The molecule has 2 heterocycles. The second-order valence-electron chi connectivity index (χ2n) is 9.61. The fourth-order valence-electron chi connectivity index (χ4n) is 4.29. The van der Waals surface area contributed by atoms with Gasteiger partial charge in [0.2, 0.25) is 11.6 Å². The van der Waals surface area contributed by atoms with Gasteiger partial charge in [0.15, 0.2) is 0 Å². The van der Waals surface area contributed by atoms with Gasteiger partial charge in [-0.2, -0.15) is 0 Å². The van der Waals surface area contributed by atoms with Gasteiger partial charge in [-0.15, -0.1) is 11.3 Å². The minimum absolute atomic E-state index is 0.165. The highest BCUT2D eigenvalue weighted by Gasteiger charge is 2.34. The van der Waals surface area contributed by atoms with E-state index in [0.717, 1.165) is 35.4 Å². The van der Waals surface area contributed by atoms with Crippen LogP contribution in [0.15, 0.2) is 44.7 Å². The van der Waals surface area contributed by atoms with Gasteiger partial charge in [0, 0.05) is 29.2 Å². The number of carbonyl (C=O) groups excluding carboxylic acids is 2. The van der Waals surface area contributed by atoms with E-state index in [0.29, 0.717) is 27.3 Å². The number of amides is 1. The number of hydrogen-bond donors (Lipinski definition) is 2. The smallest absolute Gasteiger partial charge is 0.442 e. The normalized spacial score (nSPS) is 15.5. The van der Waals surface area contributed by atoms with Crippen molar-refractivity contribution in [3.05, 3.63) is 56.8 Å². The summed E-state index contributed by atoms with van der Waals surface area (Å²) in [6, 6.07) is 9.30. The van der Waals surface area contributed by atoms with Crippen LogP contribution in [0.2, 0.25) is 0 Å². The maximum Gasteiger partial charge on any atom is 0.442 e. The molecule has 0 aliphatic heterocycles. The standard InChI is InChI=1S/C25H29N3O5S2/c1-25(2,3)15-10-11-17-18(14-15)35-21(20(17)23(30)32-4)26-19(29)12-13-34-22-24(31)33-27-28(22)16-8-6-5-7-9-16/h5-9,15H,10-14H2,1-4H3,(H-,26,27,29,30,31)/p+1. The summed E-state index contributed by atoms with van der Waals surface area (Å²) in [5.74, 6) is 0.241. The van der Waals surface area contributed by atoms with Crippen molar-refractivity contribution in [3.8, 4) is 5.69 Å². The molecule has 2 aromatic heterocycles. The predicted octanol–water partition coefficient (Wildman–Crippen LogP) is 4.36. The van der Waals surface area contributed by atoms with Crippen molar-refractivity contribution in [2.45, 2.75) is 51.5 Å². The molecule has 0 radical (unpaired) electrons. The number of hydrogen-bond acceptors (Lipinski definition) is 7. The minimum Gasteiger partial charge on any atom is -0.465 e. The summed E-state index contributed by atoms with van der Waals surface area (Å²) < 4.78 is 11.5. The molecule has 3 aromatic rings. The average molecular weight is 517 g/mol. The molecule has 0 bridgehead atoms. The van der Waals surface area contributed by atoms with Crippen LogP contribution in [0.3, 0.4) is 0 Å². The first-order valence-electron chi connectivity index (χ1n) is 11.5. The Balaban J connectivity index is 1.45. The monoisotopic (exact) mass is 516 g/mol. The molecule has 1 aliphatic carbocycles. The molecule has 1 atom stereocenters. The highest BCUT2D eigenvalue weighted by Crippen LogP contribution is 2.44. The summed E-state index contributed by atoms with van der Waals surface area (Å²) >= 11 is 2.71. The number of fused-ring (bicyclic) bond motifs is 1. The number of carbonyl (C=O) groups is 2. The number of methoxy groups -OCH3 is 1. The number of rotatable bonds is 7. The van der Waals surface area contributed by atoms with Gasteiger partial charge in [-0.05, 0) is 57.9 Å². The van der Waals surface area contributed by atoms with Gasteiger partial charge in [-0.1, -0.05) is 39.0 Å². The molecule has 0 saturated heterocycles. The SMILES string of the molecule is COC(=O)c1c(NC(=O)CCSc2c(=O)o[nH][n+]2-c2ccccc2)sc2c1CCC(C(C)(C)C)C2. The molecule has 8 nitrogen and oxygen atoms in total. The molecule has 0 fully saturated rings. The molecule has 0 spiro atoms. The second-order valence-corrected chi connectivity index (χ2v) is 11.8. The number of nitrogens with one attached hydrogen (secondary N) is 2. The lowest BCUT2D eigenvalue weighted by Crippen LogP contribution is -2.36. The molecule has 10 heteroatoms. The van der Waals surface area contributed by atoms with E-state index < -0.39 is 11.6 Å². The van der Waals surface area contributed by atoms with E-state index in [4.69, 9.17) is 9.26 Å². The average Bonchev–Trinajstić information content (AvgIpc) is 3.37. The summed E-state index contributed by atoms with van der Waals surface area (Å²) in [7, 11) is 1.36. The predicted molar refractivity (Wildman–Crippen MR) is 135 cm³/mol. The van der Waals surface area contributed by atoms with Gasteiger partial charge < -0.3 is 10.1 Å². The first-order chi connectivity index (χ1) is 16.7. The lowest BCUT2D eigenvalue weighted by Gasteiger charge is -2.33. The largest absolute Gasteiger partial charge is 0.465 e. The van der Waals surface area contributed by atoms with Crippen LogP contribution >= 0.6 is 23.1 Å². The van der Waals surface area contributed by atoms with Gasteiger partial charge in [-0.3, -0.25) is 9.32 Å². The third-order valence-corrected chi connectivity index (χ3v) is 8.52. The number of esters is 1. The zero-order chi connectivity index (χ0) is 25.2. The molecule has 2 N–H and O–H groups in total. The Morgan fingerprint density at radius 1 is 1.29 bits per heavy atom. The first-order valence-corrected chi connectivity index (χ1v) is 13.3. The van der Waals surface area contributed by atoms with Crippen molar-refractivity contribution < 1.29 is 23.5 Å². The van der Waals surface area contributed by atoms with Crippen molar-refractivity contribution >= 4 is 40.0 Å². The van der Waals surface area contributed by atoms with Crippen molar-refractivity contribution in [1.82, 2.24) is 5.27 Å². The van der Waals surface area contributed by atoms with Gasteiger partial charge in [0.05, 0.1) is 12.7 Å². The van der Waals surface area contributed by atoms with Crippen LogP contribution < -0.4 is 15.6 Å². The van der Waals surface area contributed by atoms with Crippen LogP contribution in [0.5, 0.6) is 0 Å². The number of benzene rings is 1. The molecule has 1 aromatic carbocycles. The summed E-state index contributed by atoms with van der Waals surface area (Å²) in [4.78, 5) is 38.7. The van der Waals surface area contributed by atoms with Crippen molar-refractivity contribution in [3.63, 3.8) is 0 Å². The quantitative estimate of drug-likeness (QED) is 0.275. The van der Waals surface area contributed by atoms with E-state index in [2.05, 4.69) is 31.4 Å². The van der Waals surface area contributed by atoms with E-state index in [1.807, 2.05) is 30.3 Å². The molecule has 1 aliphatic rings. The van der Waals surface area contributed by atoms with Crippen molar-refractivity contribution in [2.75, 3.05) is 18.2 Å². The first kappa shape index (κ1) is 25.2. The van der Waals surface area contributed by atoms with Crippen LogP contribution in [0.25, 0.3) is 5.69 Å². The third kappa shape index (κ3) is 5.54. The molecular weight excluding hydrogens is 486 g/mol. The Hall–Kier alpha value is -2.85. The second kappa shape index (κ2) is 10.4. The van der Waals surface area contributed by atoms with E-state index in [1.165, 1.54) is 30.2 Å². The topological polar surface area (TPSA) is 105 Å². The molecular formula is C25H30N3O5S2+. The number of para-hydroxylation sites is 1. The Kier molecular flexibility index (Phi) is 7.51. The molecule has 0 saturated carbocycles. The van der Waals surface area contributed by atoms with E-state index >= 15 is 0 Å². The van der Waals surface area contributed by atoms with E-state index in [1.54, 1.807) is 4.68 Å². The minimum atomic E-state index is -0.494. The number of thiophene rings is 1. The number of ether oxygens (including phenoxy) is 1. The van der Waals surface area contributed by atoms with Gasteiger partial charge >= 0.3 is 16.6 Å². The number of aromatic amines is 1. The molecule has 186 valence electrons. The highest BCUT2D eigenvalue weighted by atomic mass is 32.2. The van der Waals surface area contributed by atoms with Gasteiger partial charge in [-0.25, -0.2) is 9.59 Å². The molecule has 4 rings (SSSR count). The third-order valence-electron chi connectivity index (χ3n) is 6.32. The van der Waals surface area contributed by atoms with Gasteiger partial charge in [0.25, 0.3) is 0 Å². The Morgan fingerprint density at radius 3 is 2.71 bits per heavy atom. The summed E-state index contributed by atoms with van der Waals surface area (Å²) in [5, 5.41) is 6.43. The van der Waals surface area contributed by atoms with Crippen LogP contribution in [-0.4, -0.2) is 30.0 Å². The number of thioether (sulfide) groups is 1. The number of nitrogens with zero attached hydrogens (tertiary/aromatic N) is 1. The molecule has 1 unspecified atom stereocenters. The number of anilines is 1. The maximum atomic E-state index is 12.8. The zero-order valence-electron chi connectivity index (χ0n) is 20.3. The molecule has 35 heavy (non-hydrogen) atoms. The fraction of sp³-hybridized carbons (Fsp3) is 0.440. The summed E-state index contributed by atoms with van der Waals surface area (Å²) in [6.45, 7) is 6.72. The zero-order valence-corrected chi connectivity index (χ0v) is 21.9. The number of H-pyrrole nitrogens is 1. The van der Waals surface area contributed by atoms with Crippen LogP contribution in [0.1, 0.15) is 54.4 Å². The van der Waals surface area contributed by atoms with Crippen molar-refractivity contribution in [2.24, 2.45) is 11.3 Å². The maximum absolute atomic E-state index is 12.8. The Morgan fingerprint density at radius 2 is 2.03 bits per heavy atom. The lowest BCUT2D eigenvalue weighted by atomic mass is 9.72. The summed E-state index contributed by atoms with van der Waals surface area (Å²) in [6.07, 6.45) is 2.86. The van der Waals surface area contributed by atoms with E-state index in [9.17, 15) is 14.4 Å². The van der Waals surface area contributed by atoms with E-state index in [-0.39, 0.29) is 17.7 Å². The van der Waals surface area contributed by atoms with Gasteiger partial charge in [0.1, 0.15) is 5.00 Å². The molecule has 1 amide bonds. The van der Waals surface area contributed by atoms with Crippen molar-refractivity contribution in [1.29, 1.82) is 0 Å². The van der Waals surface area contributed by atoms with Crippen LogP contribution in [-0.2, 0) is 22.4 Å². The van der Waals surface area contributed by atoms with Crippen LogP contribution in [0.4, 0.5) is 5.00 Å².